The van der Waals surface area contributed by atoms with E-state index in [1.807, 2.05) is 13.8 Å². The van der Waals surface area contributed by atoms with E-state index in [4.69, 9.17) is 90.0 Å². The molecule has 0 saturated heterocycles. The van der Waals surface area contributed by atoms with Crippen LogP contribution >= 0.6 is 0 Å². The lowest BCUT2D eigenvalue weighted by Crippen LogP contribution is -2.35. The summed E-state index contributed by atoms with van der Waals surface area (Å²) in [6.07, 6.45) is 5.24. The van der Waals surface area contributed by atoms with Gasteiger partial charge < -0.3 is 122 Å². The summed E-state index contributed by atoms with van der Waals surface area (Å²) < 4.78 is 99.5. The molecular weight excluding hydrogens is 1660 g/mol. The fraction of sp³-hybridized carbons (Fsp3) is 0.640. The van der Waals surface area contributed by atoms with Gasteiger partial charge in [0.15, 0.2) is 0 Å². The fourth-order valence-electron chi connectivity index (χ4n) is 11.6. The maximum atomic E-state index is 13.4. The average molecular weight is 1790 g/mol. The summed E-state index contributed by atoms with van der Waals surface area (Å²) in [4.78, 5) is 186. The van der Waals surface area contributed by atoms with Gasteiger partial charge in [-0.05, 0) is 177 Å². The summed E-state index contributed by atoms with van der Waals surface area (Å²) in [5.74, 6) is -3.33. The molecule has 0 fully saturated rings. The first-order chi connectivity index (χ1) is 60.8. The van der Waals surface area contributed by atoms with E-state index in [0.717, 1.165) is 25.3 Å². The Morgan fingerprint density at radius 2 is 0.540 bits per heavy atom. The molecule has 0 heterocycles. The average Bonchev–Trinajstić information content (AvgIpc) is 0.796. The van der Waals surface area contributed by atoms with Gasteiger partial charge in [-0.3, -0.25) is 0 Å². The minimum Gasteiger partial charge on any atom is -0.465 e. The summed E-state index contributed by atoms with van der Waals surface area (Å²) in [7, 11) is 1.15. The Hall–Kier alpha value is -12.0. The molecule has 2 aromatic rings. The molecule has 40 nitrogen and oxygen atoms in total. The van der Waals surface area contributed by atoms with Crippen LogP contribution in [0.4, 0.5) is 47.9 Å². The second-order valence-corrected chi connectivity index (χ2v) is 28.6. The molecule has 708 valence electrons. The molecule has 126 heavy (non-hydrogen) atoms. The number of hydrogen-bond acceptors (Lipinski definition) is 34. The first-order valence-corrected chi connectivity index (χ1v) is 42.6. The molecule has 6 amide bonds. The number of ether oxygens (including phenoxy) is 19. The predicted octanol–water partition coefficient (Wildman–Crippen LogP) is 13.3. The van der Waals surface area contributed by atoms with E-state index >= 15 is 0 Å². The molecule has 0 aliphatic carbocycles. The number of rotatable bonds is 68. The lowest BCUT2D eigenvalue weighted by Gasteiger charge is -2.32. The summed E-state index contributed by atoms with van der Waals surface area (Å²) in [5, 5.41) is 17.2. The first-order valence-electron chi connectivity index (χ1n) is 42.6. The molecular formula is C86H130N6O34. The second-order valence-electron chi connectivity index (χ2n) is 28.6. The molecule has 0 spiro atoms. The molecule has 0 aromatic heterocycles. The molecule has 40 heteroatoms. The van der Waals surface area contributed by atoms with Crippen LogP contribution in [0.2, 0.25) is 0 Å². The minimum atomic E-state index is -1.30. The largest absolute Gasteiger partial charge is 0.511 e. The van der Waals surface area contributed by atoms with E-state index in [9.17, 15) is 71.9 Å². The summed E-state index contributed by atoms with van der Waals surface area (Å²) in [6.45, 7) is 16.4. The molecule has 2 unspecified atom stereocenters. The highest BCUT2D eigenvalue weighted by atomic mass is 16.8. The van der Waals surface area contributed by atoms with Gasteiger partial charge in [-0.15, -0.1) is 0 Å². The van der Waals surface area contributed by atoms with Crippen LogP contribution < -0.4 is 31.9 Å². The van der Waals surface area contributed by atoms with Crippen LogP contribution in [-0.2, 0) is 104 Å². The van der Waals surface area contributed by atoms with Crippen molar-refractivity contribution in [3.63, 3.8) is 0 Å². The molecule has 0 aliphatic rings. The van der Waals surface area contributed by atoms with Crippen molar-refractivity contribution in [3.8, 4) is 0 Å². The van der Waals surface area contributed by atoms with Gasteiger partial charge in [-0.1, -0.05) is 71.7 Å². The van der Waals surface area contributed by atoms with Gasteiger partial charge in [0.25, 0.3) is 0 Å². The zero-order chi connectivity index (χ0) is 92.7. The van der Waals surface area contributed by atoms with E-state index in [1.165, 1.54) is 12.1 Å². The molecule has 0 bridgehead atoms. The van der Waals surface area contributed by atoms with Crippen molar-refractivity contribution in [3.05, 3.63) is 85.5 Å². The third-order valence-corrected chi connectivity index (χ3v) is 19.9. The van der Waals surface area contributed by atoms with Crippen molar-refractivity contribution in [2.45, 2.75) is 182 Å². The monoisotopic (exact) mass is 1790 g/mol. The maximum absolute atomic E-state index is 13.4. The standard InChI is InChI=1S/C86H130N6O34/c1-9-69(93)109-46-27-16-30-49-112-74(98)87-40-21-24-43-90-77(101)122-61-84(12-4,13-5)35-52-115-80(104)116-53-36-85(14-6,62-123-78(102)91-44-25-22-41-88-75(99)113-50-31-17-28-47-110-70(94)10-2)37-54-117-81(105)118-55-38-86(15-7,63-124-79(103)92-45-26-23-42-89-76(100)114-51-32-18-29-48-111-71(95)11-3)39-56-119-82(106)120-57-58-121-83(107)126-64-125-73(97)68-60-66-34-20-19-33-65(66)59-67(68)72(96)108-8/h9-11,19-20,33-34,59-60H,1-3,12-18,21-32,35-58,61-64H2,4-8H3,(H,87,98)(H,88,99)(H,89,100)(H,90,101)(H,91,102)(H,92,103). The highest BCUT2D eigenvalue weighted by Gasteiger charge is 2.35. The van der Waals surface area contributed by atoms with Crippen molar-refractivity contribution in [2.24, 2.45) is 16.2 Å². The zero-order valence-corrected chi connectivity index (χ0v) is 73.4. The van der Waals surface area contributed by atoms with E-state index in [0.29, 0.717) is 139 Å². The zero-order valence-electron chi connectivity index (χ0n) is 73.4. The Balaban J connectivity index is 2.09. The first kappa shape index (κ1) is 110. The van der Waals surface area contributed by atoms with Crippen LogP contribution in [0, 0.1) is 16.2 Å². The van der Waals surface area contributed by atoms with Gasteiger partial charge in [0.2, 0.25) is 6.79 Å². The Morgan fingerprint density at radius 3 is 0.825 bits per heavy atom. The predicted molar refractivity (Wildman–Crippen MR) is 450 cm³/mol. The summed E-state index contributed by atoms with van der Waals surface area (Å²) in [6, 6.07) is 9.81. The Bertz CT molecular complexity index is 3650. The van der Waals surface area contributed by atoms with Crippen LogP contribution in [0.25, 0.3) is 10.8 Å². The number of unbranched alkanes of at least 4 members (excludes halogenated alkanes) is 9. The number of alkyl carbamates (subject to hydrolysis) is 6. The number of hydrogen-bond donors (Lipinski definition) is 6. The third kappa shape index (κ3) is 52.6. The highest BCUT2D eigenvalue weighted by molar-refractivity contribution is 6.07. The van der Waals surface area contributed by atoms with Crippen molar-refractivity contribution >= 4 is 102 Å². The Kier molecular flexibility index (Phi) is 59.7. The molecule has 6 N–H and O–H groups in total. The molecule has 0 radical (unpaired) electrons. The van der Waals surface area contributed by atoms with E-state index in [1.54, 1.807) is 38.1 Å². The molecule has 2 atom stereocenters. The quantitative estimate of drug-likeness (QED) is 0.0118. The number of methoxy groups -OCH3 is 1. The van der Waals surface area contributed by atoms with Crippen molar-refractivity contribution in [2.75, 3.05) is 159 Å². The van der Waals surface area contributed by atoms with Crippen molar-refractivity contribution in [1.29, 1.82) is 0 Å². The summed E-state index contributed by atoms with van der Waals surface area (Å²) in [5.41, 5.74) is -2.80. The molecule has 0 aliphatic heterocycles. The van der Waals surface area contributed by atoms with Crippen molar-refractivity contribution in [1.82, 2.24) is 31.9 Å². The number of carbonyl (C=O) groups is 15. The number of fused-ring (bicyclic) bond motifs is 1. The molecule has 2 rings (SSSR count). The smallest absolute Gasteiger partial charge is 0.465 e. The van der Waals surface area contributed by atoms with E-state index < -0.39 is 127 Å². The number of nitrogens with one attached hydrogen (secondary N) is 6. The topological polar surface area (TPSA) is 504 Å². The number of esters is 5. The van der Waals surface area contributed by atoms with E-state index in [2.05, 4.69) is 51.6 Å². The molecule has 0 saturated carbocycles. The summed E-state index contributed by atoms with van der Waals surface area (Å²) >= 11 is 0. The van der Waals surface area contributed by atoms with Crippen molar-refractivity contribution < 1.29 is 162 Å². The van der Waals surface area contributed by atoms with Gasteiger partial charge in [-0.25, -0.2) is 71.9 Å². The van der Waals surface area contributed by atoms with Crippen LogP contribution in [0.1, 0.15) is 203 Å². The fourth-order valence-corrected chi connectivity index (χ4v) is 11.6. The number of benzene rings is 2. The minimum absolute atomic E-state index is 0.0145. The Morgan fingerprint density at radius 1 is 0.286 bits per heavy atom. The van der Waals surface area contributed by atoms with Gasteiger partial charge in [0, 0.05) is 73.7 Å². The number of carbonyl (C=O) groups excluding carboxylic acids is 15. The maximum Gasteiger partial charge on any atom is 0.511 e. The van der Waals surface area contributed by atoms with Gasteiger partial charge in [0.05, 0.1) is 111 Å². The lowest BCUT2D eigenvalue weighted by atomic mass is 9.80. The molecule has 2 aromatic carbocycles. The third-order valence-electron chi connectivity index (χ3n) is 19.9. The van der Waals surface area contributed by atoms with E-state index in [-0.39, 0.29) is 168 Å². The van der Waals surface area contributed by atoms with Gasteiger partial charge >= 0.3 is 91.0 Å². The Labute approximate surface area is 735 Å². The van der Waals surface area contributed by atoms with Gasteiger partial charge in [0.1, 0.15) is 13.2 Å². The lowest BCUT2D eigenvalue weighted by molar-refractivity contribution is -0.138. The van der Waals surface area contributed by atoms with Crippen LogP contribution in [0.15, 0.2) is 74.4 Å². The highest BCUT2D eigenvalue weighted by Crippen LogP contribution is 2.35. The van der Waals surface area contributed by atoms with Crippen LogP contribution in [0.5, 0.6) is 0 Å². The SMILES string of the molecule is C=CC(=O)OCCCCCOC(=O)NCCCCNC(=O)OCC(CC)(CC)CCOC(=O)OCCC(CC)(CCOC(=O)OCCC(CC)(CCOC(=O)OCCOC(=O)OCOC(=O)c1cc2ccccc2cc1C(=O)OC)COC(=O)NCCCCNC(=O)OCCCCCOC(=O)C=C)COC(=O)NCCCCNC(=O)OCCCCCOC(=O)C=C. The number of amides is 6. The second kappa shape index (κ2) is 68.3. The van der Waals surface area contributed by atoms with Crippen LogP contribution in [0.3, 0.4) is 0 Å². The van der Waals surface area contributed by atoms with Crippen LogP contribution in [-0.4, -0.2) is 250 Å². The van der Waals surface area contributed by atoms with Gasteiger partial charge in [-0.2, -0.15) is 0 Å². The normalized spacial score (nSPS) is 11.7.